The van der Waals surface area contributed by atoms with Crippen LogP contribution in [-0.4, -0.2) is 12.1 Å². The second kappa shape index (κ2) is 6.88. The lowest BCUT2D eigenvalue weighted by Crippen LogP contribution is -2.20. The molecule has 3 rings (SSSR count). The lowest BCUT2D eigenvalue weighted by atomic mass is 10.1. The van der Waals surface area contributed by atoms with Gasteiger partial charge in [-0.15, -0.1) is 0 Å². The van der Waals surface area contributed by atoms with E-state index in [9.17, 15) is 18.0 Å². The van der Waals surface area contributed by atoms with Gasteiger partial charge in [-0.2, -0.15) is 18.3 Å². The Morgan fingerprint density at radius 2 is 1.96 bits per heavy atom. The van der Waals surface area contributed by atoms with Gasteiger partial charge in [-0.1, -0.05) is 41.9 Å². The first kappa shape index (κ1) is 17.5. The molecule has 0 saturated heterocycles. The first-order chi connectivity index (χ1) is 11.9. The minimum atomic E-state index is -4.47. The van der Waals surface area contributed by atoms with Crippen LogP contribution in [0.15, 0.2) is 53.6 Å². The maximum Gasteiger partial charge on any atom is 0.417 e. The fourth-order valence-electron chi connectivity index (χ4n) is 2.71. The van der Waals surface area contributed by atoms with Crippen LogP contribution in [0.4, 0.5) is 13.2 Å². The first-order valence-electron chi connectivity index (χ1n) is 7.61. The second-order valence-corrected chi connectivity index (χ2v) is 6.26. The van der Waals surface area contributed by atoms with Crippen LogP contribution >= 0.6 is 11.6 Å². The standard InChI is InChI=1S/C18H14ClF3N2O/c19-13-6-3-5-11(8-13)14-9-15(14)17(25)24-23-10-12-4-1-2-7-16(12)18(20,21)22/h1-8,10,14-15H,9H2,(H,24,25). The van der Waals surface area contributed by atoms with Crippen molar-refractivity contribution in [1.82, 2.24) is 5.43 Å². The molecule has 2 aromatic rings. The van der Waals surface area contributed by atoms with E-state index in [0.717, 1.165) is 17.8 Å². The maximum absolute atomic E-state index is 12.9. The maximum atomic E-state index is 12.9. The van der Waals surface area contributed by atoms with Crippen LogP contribution < -0.4 is 5.43 Å². The molecule has 2 atom stereocenters. The molecule has 1 saturated carbocycles. The Labute approximate surface area is 147 Å². The van der Waals surface area contributed by atoms with Gasteiger partial charge in [0.15, 0.2) is 0 Å². The van der Waals surface area contributed by atoms with Crippen molar-refractivity contribution in [3.8, 4) is 0 Å². The molecule has 2 unspecified atom stereocenters. The SMILES string of the molecule is O=C(NN=Cc1ccccc1C(F)(F)F)C1CC1c1cccc(Cl)c1. The first-order valence-corrected chi connectivity index (χ1v) is 7.98. The summed E-state index contributed by atoms with van der Waals surface area (Å²) < 4.78 is 38.7. The summed E-state index contributed by atoms with van der Waals surface area (Å²) in [7, 11) is 0. The predicted octanol–water partition coefficient (Wildman–Crippen LogP) is 4.61. The molecule has 0 aromatic heterocycles. The average molecular weight is 367 g/mol. The number of hydrogen-bond acceptors (Lipinski definition) is 2. The van der Waals surface area contributed by atoms with Crippen LogP contribution in [-0.2, 0) is 11.0 Å². The molecule has 2 aromatic carbocycles. The van der Waals surface area contributed by atoms with Crippen molar-refractivity contribution in [3.63, 3.8) is 0 Å². The van der Waals surface area contributed by atoms with Crippen LogP contribution in [0.25, 0.3) is 0 Å². The zero-order valence-electron chi connectivity index (χ0n) is 12.9. The normalized spacial score (nSPS) is 19.8. The summed E-state index contributed by atoms with van der Waals surface area (Å²) in [5.41, 5.74) is 2.39. The summed E-state index contributed by atoms with van der Waals surface area (Å²) in [6, 6.07) is 12.3. The summed E-state index contributed by atoms with van der Waals surface area (Å²) in [6.45, 7) is 0. The van der Waals surface area contributed by atoms with Gasteiger partial charge in [-0.3, -0.25) is 4.79 Å². The van der Waals surface area contributed by atoms with Crippen LogP contribution in [0.5, 0.6) is 0 Å². The smallest absolute Gasteiger partial charge is 0.273 e. The third-order valence-corrected chi connectivity index (χ3v) is 4.28. The molecule has 1 amide bonds. The third kappa shape index (κ3) is 4.20. The number of hydrogen-bond donors (Lipinski definition) is 1. The Bertz CT molecular complexity index is 820. The second-order valence-electron chi connectivity index (χ2n) is 5.82. The molecule has 1 aliphatic carbocycles. The number of halogens is 4. The quantitative estimate of drug-likeness (QED) is 0.623. The molecule has 7 heteroatoms. The van der Waals surface area contributed by atoms with E-state index >= 15 is 0 Å². The summed E-state index contributed by atoms with van der Waals surface area (Å²) in [5.74, 6) is -0.490. The summed E-state index contributed by atoms with van der Waals surface area (Å²) in [5, 5.41) is 4.27. The molecule has 1 fully saturated rings. The molecule has 0 heterocycles. The van der Waals surface area contributed by atoms with E-state index in [-0.39, 0.29) is 23.3 Å². The van der Waals surface area contributed by atoms with Crippen LogP contribution in [0.2, 0.25) is 5.02 Å². The summed E-state index contributed by atoms with van der Waals surface area (Å²) in [6.07, 6.45) is -2.79. The van der Waals surface area contributed by atoms with Gasteiger partial charge in [-0.05, 0) is 36.1 Å². The molecule has 1 N–H and O–H groups in total. The number of rotatable bonds is 4. The van der Waals surface area contributed by atoms with Gasteiger partial charge in [0.05, 0.1) is 11.8 Å². The lowest BCUT2D eigenvalue weighted by molar-refractivity contribution is -0.137. The monoisotopic (exact) mass is 366 g/mol. The number of hydrazone groups is 1. The molecule has 130 valence electrons. The van der Waals surface area contributed by atoms with Gasteiger partial charge in [0.1, 0.15) is 0 Å². The summed E-state index contributed by atoms with van der Waals surface area (Å²) >= 11 is 5.93. The number of carbonyl (C=O) groups is 1. The minimum absolute atomic E-state index is 0.0661. The number of nitrogens with zero attached hydrogens (tertiary/aromatic N) is 1. The third-order valence-electron chi connectivity index (χ3n) is 4.05. The van der Waals surface area contributed by atoms with Crippen LogP contribution in [0, 0.1) is 5.92 Å². The van der Waals surface area contributed by atoms with E-state index < -0.39 is 11.7 Å². The van der Waals surface area contributed by atoms with E-state index in [1.807, 2.05) is 18.2 Å². The highest BCUT2D eigenvalue weighted by Crippen LogP contribution is 2.47. The molecule has 0 aliphatic heterocycles. The van der Waals surface area contributed by atoms with E-state index in [1.165, 1.54) is 18.2 Å². The van der Waals surface area contributed by atoms with E-state index in [0.29, 0.717) is 11.4 Å². The number of carbonyl (C=O) groups excluding carboxylic acids is 1. The molecule has 25 heavy (non-hydrogen) atoms. The fraction of sp³-hybridized carbons (Fsp3) is 0.222. The number of benzene rings is 2. The zero-order chi connectivity index (χ0) is 18.0. The van der Waals surface area contributed by atoms with Crippen molar-refractivity contribution in [1.29, 1.82) is 0 Å². The summed E-state index contributed by atoms with van der Waals surface area (Å²) in [4.78, 5) is 12.1. The zero-order valence-corrected chi connectivity index (χ0v) is 13.7. The van der Waals surface area contributed by atoms with E-state index in [2.05, 4.69) is 10.5 Å². The Kier molecular flexibility index (Phi) is 4.81. The van der Waals surface area contributed by atoms with Gasteiger partial charge < -0.3 is 0 Å². The molecule has 0 radical (unpaired) electrons. The molecule has 0 spiro atoms. The fourth-order valence-corrected chi connectivity index (χ4v) is 2.91. The van der Waals surface area contributed by atoms with Crippen molar-refractivity contribution in [2.75, 3.05) is 0 Å². The van der Waals surface area contributed by atoms with Crippen LogP contribution in [0.3, 0.4) is 0 Å². The Morgan fingerprint density at radius 1 is 1.20 bits per heavy atom. The molecule has 3 nitrogen and oxygen atoms in total. The van der Waals surface area contributed by atoms with Crippen molar-refractivity contribution in [2.45, 2.75) is 18.5 Å². The Morgan fingerprint density at radius 3 is 2.68 bits per heavy atom. The van der Waals surface area contributed by atoms with Gasteiger partial charge >= 0.3 is 6.18 Å². The molecule has 1 aliphatic rings. The van der Waals surface area contributed by atoms with Gasteiger partial charge in [0.25, 0.3) is 0 Å². The highest BCUT2D eigenvalue weighted by atomic mass is 35.5. The highest BCUT2D eigenvalue weighted by molar-refractivity contribution is 6.30. The van der Waals surface area contributed by atoms with Crippen molar-refractivity contribution in [3.05, 3.63) is 70.2 Å². The number of nitrogens with one attached hydrogen (secondary N) is 1. The number of amides is 1. The number of alkyl halides is 3. The Balaban J connectivity index is 1.62. The highest BCUT2D eigenvalue weighted by Gasteiger charge is 2.44. The van der Waals surface area contributed by atoms with Gasteiger partial charge in [-0.25, -0.2) is 5.43 Å². The predicted molar refractivity (Wildman–Crippen MR) is 89.5 cm³/mol. The minimum Gasteiger partial charge on any atom is -0.273 e. The Hall–Kier alpha value is -2.34. The van der Waals surface area contributed by atoms with Crippen molar-refractivity contribution in [2.24, 2.45) is 11.0 Å². The largest absolute Gasteiger partial charge is 0.417 e. The lowest BCUT2D eigenvalue weighted by Gasteiger charge is -2.09. The average Bonchev–Trinajstić information content (AvgIpc) is 3.35. The van der Waals surface area contributed by atoms with Crippen molar-refractivity contribution < 1.29 is 18.0 Å². The molecular weight excluding hydrogens is 353 g/mol. The van der Waals surface area contributed by atoms with E-state index in [4.69, 9.17) is 11.6 Å². The van der Waals surface area contributed by atoms with Crippen LogP contribution in [0.1, 0.15) is 29.0 Å². The molecular formula is C18H14ClF3N2O. The van der Waals surface area contributed by atoms with Gasteiger partial charge in [0, 0.05) is 16.5 Å². The molecule has 0 bridgehead atoms. The van der Waals surface area contributed by atoms with Gasteiger partial charge in [0.2, 0.25) is 5.91 Å². The van der Waals surface area contributed by atoms with Crippen molar-refractivity contribution >= 4 is 23.7 Å². The topological polar surface area (TPSA) is 41.5 Å². The van der Waals surface area contributed by atoms with E-state index in [1.54, 1.807) is 6.07 Å².